The van der Waals surface area contributed by atoms with Gasteiger partial charge in [-0.1, -0.05) is 31.0 Å². The van der Waals surface area contributed by atoms with Crippen LogP contribution < -0.4 is 5.73 Å². The van der Waals surface area contributed by atoms with Crippen molar-refractivity contribution in [1.82, 2.24) is 9.55 Å². The molecule has 16 heavy (non-hydrogen) atoms. The molecule has 3 rings (SSSR count). The van der Waals surface area contributed by atoms with Gasteiger partial charge in [-0.15, -0.1) is 0 Å². The lowest BCUT2D eigenvalue weighted by atomic mass is 10.3. The van der Waals surface area contributed by atoms with Crippen molar-refractivity contribution in [3.8, 4) is 0 Å². The standard InChI is InChI=1S/C12H14ClN3/c1-2-7-6-10(7)16-11-8(13)4-3-5-9(11)15-12(16)14/h3-5,7,10H,2,6H2,1H3,(H2,14,15). The molecule has 1 aliphatic carbocycles. The van der Waals surface area contributed by atoms with Gasteiger partial charge >= 0.3 is 0 Å². The molecule has 1 aromatic heterocycles. The predicted molar refractivity (Wildman–Crippen MR) is 66.6 cm³/mol. The van der Waals surface area contributed by atoms with Crippen LogP contribution in [0.2, 0.25) is 5.02 Å². The fourth-order valence-electron chi connectivity index (χ4n) is 2.45. The van der Waals surface area contributed by atoms with E-state index in [-0.39, 0.29) is 0 Å². The van der Waals surface area contributed by atoms with Crippen LogP contribution in [-0.4, -0.2) is 9.55 Å². The number of hydrogen-bond donors (Lipinski definition) is 1. The summed E-state index contributed by atoms with van der Waals surface area (Å²) >= 11 is 6.22. The second kappa shape index (κ2) is 3.39. The van der Waals surface area contributed by atoms with E-state index in [4.69, 9.17) is 17.3 Å². The smallest absolute Gasteiger partial charge is 0.201 e. The third-order valence-electron chi connectivity index (χ3n) is 3.43. The minimum Gasteiger partial charge on any atom is -0.369 e. The Labute approximate surface area is 99.2 Å². The monoisotopic (exact) mass is 235 g/mol. The first-order valence-electron chi connectivity index (χ1n) is 5.64. The molecule has 1 saturated carbocycles. The Morgan fingerprint density at radius 1 is 1.56 bits per heavy atom. The van der Waals surface area contributed by atoms with Crippen LogP contribution in [-0.2, 0) is 0 Å². The van der Waals surface area contributed by atoms with Crippen LogP contribution in [0.25, 0.3) is 11.0 Å². The van der Waals surface area contributed by atoms with Crippen molar-refractivity contribution in [2.24, 2.45) is 5.92 Å². The van der Waals surface area contributed by atoms with E-state index in [1.54, 1.807) is 0 Å². The van der Waals surface area contributed by atoms with E-state index >= 15 is 0 Å². The highest BCUT2D eigenvalue weighted by Crippen LogP contribution is 2.48. The number of nitrogens with zero attached hydrogens (tertiary/aromatic N) is 2. The molecule has 2 aromatic rings. The Balaban J connectivity index is 2.20. The maximum Gasteiger partial charge on any atom is 0.201 e. The SMILES string of the molecule is CCC1CC1n1c(N)nc2cccc(Cl)c21. The molecular formula is C12H14ClN3. The van der Waals surface area contributed by atoms with Crippen molar-refractivity contribution in [2.75, 3.05) is 5.73 Å². The zero-order chi connectivity index (χ0) is 11.3. The number of fused-ring (bicyclic) bond motifs is 1. The molecule has 1 aliphatic rings. The first kappa shape index (κ1) is 9.97. The number of hydrogen-bond acceptors (Lipinski definition) is 2. The van der Waals surface area contributed by atoms with Crippen LogP contribution >= 0.6 is 11.6 Å². The largest absolute Gasteiger partial charge is 0.369 e. The van der Waals surface area contributed by atoms with Crippen molar-refractivity contribution in [1.29, 1.82) is 0 Å². The summed E-state index contributed by atoms with van der Waals surface area (Å²) in [6.45, 7) is 2.21. The minimum atomic E-state index is 0.495. The lowest BCUT2D eigenvalue weighted by Crippen LogP contribution is -2.02. The summed E-state index contributed by atoms with van der Waals surface area (Å²) in [7, 11) is 0. The van der Waals surface area contributed by atoms with Gasteiger partial charge in [0.15, 0.2) is 0 Å². The molecule has 0 aliphatic heterocycles. The average Bonchev–Trinajstić information content (AvgIpc) is 2.95. The van der Waals surface area contributed by atoms with Gasteiger partial charge in [0.2, 0.25) is 5.95 Å². The van der Waals surface area contributed by atoms with Crippen LogP contribution in [0.5, 0.6) is 0 Å². The fraction of sp³-hybridized carbons (Fsp3) is 0.417. The van der Waals surface area contributed by atoms with Gasteiger partial charge in [0.05, 0.1) is 16.1 Å². The van der Waals surface area contributed by atoms with E-state index in [1.807, 2.05) is 18.2 Å². The molecule has 2 atom stereocenters. The topological polar surface area (TPSA) is 43.8 Å². The summed E-state index contributed by atoms with van der Waals surface area (Å²) in [5, 5.41) is 0.739. The summed E-state index contributed by atoms with van der Waals surface area (Å²) < 4.78 is 2.10. The Morgan fingerprint density at radius 2 is 2.38 bits per heavy atom. The number of rotatable bonds is 2. The number of imidazole rings is 1. The van der Waals surface area contributed by atoms with Crippen LogP contribution in [0.4, 0.5) is 5.95 Å². The lowest BCUT2D eigenvalue weighted by molar-refractivity contribution is 0.661. The van der Waals surface area contributed by atoms with Crippen LogP contribution in [0.1, 0.15) is 25.8 Å². The van der Waals surface area contributed by atoms with Gasteiger partial charge in [0, 0.05) is 6.04 Å². The Bertz CT molecular complexity index is 546. The van der Waals surface area contributed by atoms with Crippen molar-refractivity contribution in [2.45, 2.75) is 25.8 Å². The van der Waals surface area contributed by atoms with E-state index in [0.29, 0.717) is 12.0 Å². The Kier molecular flexibility index (Phi) is 2.11. The number of nitrogens with two attached hydrogens (primary N) is 1. The zero-order valence-corrected chi connectivity index (χ0v) is 9.91. The number of nitrogen functional groups attached to an aromatic ring is 1. The van der Waals surface area contributed by atoms with Crippen molar-refractivity contribution < 1.29 is 0 Å². The number of benzene rings is 1. The van der Waals surface area contributed by atoms with Crippen LogP contribution in [0.15, 0.2) is 18.2 Å². The fourth-order valence-corrected chi connectivity index (χ4v) is 2.71. The highest BCUT2D eigenvalue weighted by molar-refractivity contribution is 6.35. The van der Waals surface area contributed by atoms with Crippen LogP contribution in [0, 0.1) is 5.92 Å². The van der Waals surface area contributed by atoms with Gasteiger partial charge in [0.1, 0.15) is 0 Å². The summed E-state index contributed by atoms with van der Waals surface area (Å²) in [4.78, 5) is 4.36. The van der Waals surface area contributed by atoms with Crippen molar-refractivity contribution in [3.05, 3.63) is 23.2 Å². The van der Waals surface area contributed by atoms with E-state index < -0.39 is 0 Å². The number of anilines is 1. The molecule has 1 aromatic carbocycles. The molecular weight excluding hydrogens is 222 g/mol. The first-order chi connectivity index (χ1) is 7.72. The molecule has 0 radical (unpaired) electrons. The highest BCUT2D eigenvalue weighted by Gasteiger charge is 2.39. The summed E-state index contributed by atoms with van der Waals surface area (Å²) in [5.41, 5.74) is 7.86. The van der Waals surface area contributed by atoms with Gasteiger partial charge in [0.25, 0.3) is 0 Å². The van der Waals surface area contributed by atoms with Gasteiger partial charge < -0.3 is 10.3 Å². The van der Waals surface area contributed by atoms with Gasteiger partial charge in [-0.2, -0.15) is 0 Å². The van der Waals surface area contributed by atoms with Crippen molar-refractivity contribution >= 4 is 28.6 Å². The van der Waals surface area contributed by atoms with E-state index in [9.17, 15) is 0 Å². The molecule has 0 amide bonds. The molecule has 84 valence electrons. The molecule has 1 heterocycles. The Hall–Kier alpha value is -1.22. The lowest BCUT2D eigenvalue weighted by Gasteiger charge is -2.06. The second-order valence-corrected chi connectivity index (χ2v) is 4.83. The molecule has 0 bridgehead atoms. The number of halogens is 1. The predicted octanol–water partition coefficient (Wildman–Crippen LogP) is 3.24. The highest BCUT2D eigenvalue weighted by atomic mass is 35.5. The molecule has 3 nitrogen and oxygen atoms in total. The van der Waals surface area contributed by atoms with Gasteiger partial charge in [-0.3, -0.25) is 0 Å². The second-order valence-electron chi connectivity index (χ2n) is 4.42. The Morgan fingerprint density at radius 3 is 3.06 bits per heavy atom. The van der Waals surface area contributed by atoms with Crippen molar-refractivity contribution in [3.63, 3.8) is 0 Å². The number of aromatic nitrogens is 2. The number of para-hydroxylation sites is 1. The quantitative estimate of drug-likeness (QED) is 0.869. The third-order valence-corrected chi connectivity index (χ3v) is 3.73. The maximum atomic E-state index is 6.22. The molecule has 0 spiro atoms. The third kappa shape index (κ3) is 1.31. The average molecular weight is 236 g/mol. The van der Waals surface area contributed by atoms with E-state index in [2.05, 4.69) is 16.5 Å². The molecule has 1 fully saturated rings. The van der Waals surface area contributed by atoms with E-state index in [1.165, 1.54) is 12.8 Å². The molecule has 4 heteroatoms. The van der Waals surface area contributed by atoms with E-state index in [0.717, 1.165) is 22.0 Å². The first-order valence-corrected chi connectivity index (χ1v) is 6.02. The molecule has 2 N–H and O–H groups in total. The maximum absolute atomic E-state index is 6.22. The van der Waals surface area contributed by atoms with Crippen LogP contribution in [0.3, 0.4) is 0 Å². The summed E-state index contributed by atoms with van der Waals surface area (Å²) in [5.74, 6) is 1.32. The normalized spacial score (nSPS) is 23.9. The zero-order valence-electron chi connectivity index (χ0n) is 9.15. The summed E-state index contributed by atoms with van der Waals surface area (Å²) in [6.07, 6.45) is 2.38. The van der Waals surface area contributed by atoms with Gasteiger partial charge in [-0.05, 0) is 24.5 Å². The molecule has 0 saturated heterocycles. The molecule has 2 unspecified atom stereocenters. The van der Waals surface area contributed by atoms with Gasteiger partial charge in [-0.25, -0.2) is 4.98 Å². The summed E-state index contributed by atoms with van der Waals surface area (Å²) in [6, 6.07) is 6.25. The minimum absolute atomic E-state index is 0.495.